The zero-order valence-electron chi connectivity index (χ0n) is 9.23. The summed E-state index contributed by atoms with van der Waals surface area (Å²) in [6.07, 6.45) is -4.55. The number of carbonyl (C=O) groups is 1. The van der Waals surface area contributed by atoms with Crippen molar-refractivity contribution >= 4 is 22.4 Å². The first-order chi connectivity index (χ1) is 8.88. The highest BCUT2D eigenvalue weighted by molar-refractivity contribution is 7.14. The molecule has 0 atom stereocenters. The van der Waals surface area contributed by atoms with Crippen LogP contribution in [0.2, 0.25) is 0 Å². The fraction of sp³-hybridized carbons (Fsp3) is 0.0909. The van der Waals surface area contributed by atoms with Crippen LogP contribution in [0.15, 0.2) is 29.6 Å². The number of halogens is 3. The van der Waals surface area contributed by atoms with Gasteiger partial charge in [0.2, 0.25) is 0 Å². The molecule has 1 aromatic carbocycles. The monoisotopic (exact) mass is 288 g/mol. The van der Waals surface area contributed by atoms with Crippen molar-refractivity contribution in [1.29, 1.82) is 0 Å². The molecule has 0 spiro atoms. The molecule has 0 fully saturated rings. The Kier molecular flexibility index (Phi) is 3.43. The van der Waals surface area contributed by atoms with E-state index in [1.54, 1.807) is 0 Å². The Morgan fingerprint density at radius 3 is 2.58 bits per heavy atom. The number of nitrogens with one attached hydrogen (secondary N) is 1. The maximum atomic E-state index is 12.3. The summed E-state index contributed by atoms with van der Waals surface area (Å²) in [6, 6.07) is 5.70. The molecule has 1 aromatic heterocycles. The van der Waals surface area contributed by atoms with E-state index >= 15 is 0 Å². The molecule has 2 rings (SSSR count). The topological polar surface area (TPSA) is 62.2 Å². The lowest BCUT2D eigenvalue weighted by molar-refractivity contribution is -0.140. The van der Waals surface area contributed by atoms with Crippen LogP contribution in [0.5, 0.6) is 5.75 Å². The molecule has 1 heterocycles. The number of anilines is 1. The van der Waals surface area contributed by atoms with E-state index in [2.05, 4.69) is 10.3 Å². The van der Waals surface area contributed by atoms with E-state index in [9.17, 15) is 23.1 Å². The maximum Gasteiger partial charge on any atom is 0.434 e. The van der Waals surface area contributed by atoms with E-state index in [0.717, 1.165) is 5.38 Å². The van der Waals surface area contributed by atoms with Crippen molar-refractivity contribution in [2.75, 3.05) is 5.32 Å². The van der Waals surface area contributed by atoms with E-state index in [4.69, 9.17) is 0 Å². The van der Waals surface area contributed by atoms with E-state index in [1.807, 2.05) is 0 Å². The molecular weight excluding hydrogens is 281 g/mol. The molecule has 0 bridgehead atoms. The van der Waals surface area contributed by atoms with Gasteiger partial charge in [-0.15, -0.1) is 11.3 Å². The van der Waals surface area contributed by atoms with E-state index in [1.165, 1.54) is 24.3 Å². The lowest BCUT2D eigenvalue weighted by Crippen LogP contribution is -2.12. The molecule has 0 unspecified atom stereocenters. The summed E-state index contributed by atoms with van der Waals surface area (Å²) in [5.74, 6) is -0.978. The van der Waals surface area contributed by atoms with Gasteiger partial charge < -0.3 is 5.11 Å². The molecule has 1 amide bonds. The molecule has 0 saturated heterocycles. The summed E-state index contributed by atoms with van der Waals surface area (Å²) in [5.41, 5.74) is -1.10. The zero-order valence-corrected chi connectivity index (χ0v) is 10.0. The second kappa shape index (κ2) is 4.88. The molecule has 0 saturated carbocycles. The average molecular weight is 288 g/mol. The van der Waals surface area contributed by atoms with Gasteiger partial charge in [0, 0.05) is 5.38 Å². The Hall–Kier alpha value is -2.09. The first-order valence-corrected chi connectivity index (χ1v) is 5.88. The van der Waals surface area contributed by atoms with Gasteiger partial charge >= 0.3 is 6.18 Å². The minimum Gasteiger partial charge on any atom is -0.507 e. The molecule has 0 radical (unpaired) electrons. The SMILES string of the molecule is O=C(Nc1nc(C(F)(F)F)cs1)c1ccccc1O. The summed E-state index contributed by atoms with van der Waals surface area (Å²) in [7, 11) is 0. The number of carbonyl (C=O) groups excluding carboxylic acids is 1. The minimum absolute atomic E-state index is 0.0359. The van der Waals surface area contributed by atoms with E-state index in [-0.39, 0.29) is 16.4 Å². The Labute approximate surface area is 109 Å². The predicted octanol–water partition coefficient (Wildman–Crippen LogP) is 3.12. The van der Waals surface area contributed by atoms with E-state index in [0.29, 0.717) is 11.3 Å². The van der Waals surface area contributed by atoms with Crippen molar-refractivity contribution in [2.24, 2.45) is 0 Å². The largest absolute Gasteiger partial charge is 0.507 e. The number of rotatable bonds is 2. The molecule has 19 heavy (non-hydrogen) atoms. The number of benzene rings is 1. The smallest absolute Gasteiger partial charge is 0.434 e. The summed E-state index contributed by atoms with van der Waals surface area (Å²) < 4.78 is 37.0. The van der Waals surface area contributed by atoms with Crippen molar-refractivity contribution in [3.63, 3.8) is 0 Å². The molecule has 0 aliphatic rings. The van der Waals surface area contributed by atoms with Crippen LogP contribution in [0.25, 0.3) is 0 Å². The predicted molar refractivity (Wildman–Crippen MR) is 63.2 cm³/mol. The number of phenols is 1. The molecule has 4 nitrogen and oxygen atoms in total. The summed E-state index contributed by atoms with van der Waals surface area (Å²) in [4.78, 5) is 15.0. The van der Waals surface area contributed by atoms with Gasteiger partial charge in [0.25, 0.3) is 5.91 Å². The highest BCUT2D eigenvalue weighted by Crippen LogP contribution is 2.31. The third-order valence-corrected chi connectivity index (χ3v) is 2.92. The van der Waals surface area contributed by atoms with Crippen molar-refractivity contribution < 1.29 is 23.1 Å². The lowest BCUT2D eigenvalue weighted by atomic mass is 10.2. The van der Waals surface area contributed by atoms with Crippen LogP contribution in [-0.2, 0) is 6.18 Å². The van der Waals surface area contributed by atoms with Crippen LogP contribution >= 0.6 is 11.3 Å². The van der Waals surface area contributed by atoms with Crippen LogP contribution in [-0.4, -0.2) is 16.0 Å². The molecule has 2 N–H and O–H groups in total. The van der Waals surface area contributed by atoms with Gasteiger partial charge in [-0.3, -0.25) is 10.1 Å². The quantitative estimate of drug-likeness (QED) is 0.892. The van der Waals surface area contributed by atoms with Crippen LogP contribution in [0, 0.1) is 0 Å². The zero-order chi connectivity index (χ0) is 14.0. The molecule has 0 aliphatic carbocycles. The minimum atomic E-state index is -4.55. The number of thiazole rings is 1. The number of aromatic nitrogens is 1. The number of nitrogens with zero attached hydrogens (tertiary/aromatic N) is 1. The van der Waals surface area contributed by atoms with Crippen molar-refractivity contribution in [1.82, 2.24) is 4.98 Å². The first kappa shape index (κ1) is 13.3. The summed E-state index contributed by atoms with van der Waals surface area (Å²) in [6.45, 7) is 0. The maximum absolute atomic E-state index is 12.3. The number of amides is 1. The van der Waals surface area contributed by atoms with Gasteiger partial charge in [-0.2, -0.15) is 13.2 Å². The first-order valence-electron chi connectivity index (χ1n) is 5.00. The fourth-order valence-corrected chi connectivity index (χ4v) is 2.00. The molecule has 2 aromatic rings. The standard InChI is InChI=1S/C11H7F3N2O2S/c12-11(13,14)8-5-19-10(15-8)16-9(18)6-3-1-2-4-7(6)17/h1-5,17H,(H,15,16,18). The third kappa shape index (κ3) is 3.02. The number of alkyl halides is 3. The molecule has 8 heteroatoms. The van der Waals surface area contributed by atoms with Crippen molar-refractivity contribution in [2.45, 2.75) is 6.18 Å². The van der Waals surface area contributed by atoms with Crippen LogP contribution < -0.4 is 5.32 Å². The second-order valence-corrected chi connectivity index (χ2v) is 4.37. The summed E-state index contributed by atoms with van der Waals surface area (Å²) in [5, 5.41) is 12.3. The van der Waals surface area contributed by atoms with Gasteiger partial charge in [-0.1, -0.05) is 12.1 Å². The van der Waals surface area contributed by atoms with Gasteiger partial charge in [-0.25, -0.2) is 4.98 Å². The lowest BCUT2D eigenvalue weighted by Gasteiger charge is -2.04. The Balaban J connectivity index is 2.16. The third-order valence-electron chi connectivity index (χ3n) is 2.16. The molecule has 100 valence electrons. The highest BCUT2D eigenvalue weighted by atomic mass is 32.1. The second-order valence-electron chi connectivity index (χ2n) is 3.51. The van der Waals surface area contributed by atoms with Gasteiger partial charge in [0.05, 0.1) is 5.56 Å². The Morgan fingerprint density at radius 2 is 2.00 bits per heavy atom. The van der Waals surface area contributed by atoms with Gasteiger partial charge in [0.15, 0.2) is 10.8 Å². The Bertz CT molecular complexity index is 610. The number of aromatic hydroxyl groups is 1. The summed E-state index contributed by atoms with van der Waals surface area (Å²) >= 11 is 0.661. The number of para-hydroxylation sites is 1. The normalized spacial score (nSPS) is 11.3. The fourth-order valence-electron chi connectivity index (χ4n) is 1.29. The van der Waals surface area contributed by atoms with Crippen LogP contribution in [0.4, 0.5) is 18.3 Å². The van der Waals surface area contributed by atoms with E-state index < -0.39 is 17.8 Å². The highest BCUT2D eigenvalue weighted by Gasteiger charge is 2.33. The van der Waals surface area contributed by atoms with Gasteiger partial charge in [-0.05, 0) is 12.1 Å². The molecular formula is C11H7F3N2O2S. The average Bonchev–Trinajstić information content (AvgIpc) is 2.77. The number of hydrogen-bond donors (Lipinski definition) is 2. The Morgan fingerprint density at radius 1 is 1.32 bits per heavy atom. The van der Waals surface area contributed by atoms with Crippen molar-refractivity contribution in [3.8, 4) is 5.75 Å². The number of hydrogen-bond acceptors (Lipinski definition) is 4. The van der Waals surface area contributed by atoms with Crippen LogP contribution in [0.1, 0.15) is 16.1 Å². The molecule has 0 aliphatic heterocycles. The van der Waals surface area contributed by atoms with Gasteiger partial charge in [0.1, 0.15) is 5.75 Å². The number of phenolic OH excluding ortho intramolecular Hbond substituents is 1. The van der Waals surface area contributed by atoms with Crippen molar-refractivity contribution in [3.05, 3.63) is 40.9 Å². The van der Waals surface area contributed by atoms with Crippen LogP contribution in [0.3, 0.4) is 0 Å².